The molecule has 0 aromatic heterocycles. The number of hydrogen-bond donors (Lipinski definition) is 0. The Morgan fingerprint density at radius 2 is 2.20 bits per heavy atom. The lowest BCUT2D eigenvalue weighted by atomic mass is 10.2. The van der Waals surface area contributed by atoms with Gasteiger partial charge in [0.15, 0.2) is 11.5 Å². The summed E-state index contributed by atoms with van der Waals surface area (Å²) < 4.78 is 10.4. The summed E-state index contributed by atoms with van der Waals surface area (Å²) >= 11 is 0. The average molecular weight is 135 g/mol. The molecular weight excluding hydrogens is 130 g/mol. The van der Waals surface area contributed by atoms with Crippen LogP contribution in [-0.2, 0) is 9.47 Å². The van der Waals surface area contributed by atoms with Crippen LogP contribution in [0.25, 0.3) is 0 Å². The molecule has 0 spiro atoms. The Balaban J connectivity index is 2.25. The largest absolute Gasteiger partial charge is 0.453 e. The van der Waals surface area contributed by atoms with Gasteiger partial charge >= 0.3 is 0 Å². The van der Waals surface area contributed by atoms with Crippen LogP contribution < -0.4 is 0 Å². The van der Waals surface area contributed by atoms with E-state index in [0.717, 1.165) is 23.7 Å². The summed E-state index contributed by atoms with van der Waals surface area (Å²) in [5, 5.41) is 0. The van der Waals surface area contributed by atoms with E-state index in [2.05, 4.69) is 4.99 Å². The van der Waals surface area contributed by atoms with Gasteiger partial charge in [0.2, 0.25) is 6.79 Å². The first kappa shape index (κ1) is 4.55. The van der Waals surface area contributed by atoms with Crippen molar-refractivity contribution in [2.75, 3.05) is 6.79 Å². The highest BCUT2D eigenvalue weighted by molar-refractivity contribution is 6.07. The van der Waals surface area contributed by atoms with E-state index in [1.54, 1.807) is 0 Å². The molecule has 0 radical (unpaired) electrons. The molecule has 0 N–H and O–H groups in total. The summed E-state index contributed by atoms with van der Waals surface area (Å²) in [5.74, 6) is 1.79. The molecule has 2 aliphatic heterocycles. The molecule has 0 fully saturated rings. The standard InChI is InChI=1S/C7H5NO2/c1-4-2-8-5(1)7-6(4)9-3-10-7/h2H,1,3H2. The number of hydrogen-bond acceptors (Lipinski definition) is 3. The minimum Gasteiger partial charge on any atom is -0.453 e. The van der Waals surface area contributed by atoms with E-state index in [-0.39, 0.29) is 0 Å². The molecule has 1 aliphatic carbocycles. The van der Waals surface area contributed by atoms with Crippen molar-refractivity contribution in [2.24, 2.45) is 4.99 Å². The van der Waals surface area contributed by atoms with Gasteiger partial charge in [-0.05, 0) is 0 Å². The SMILES string of the molecule is C1=C2CC(=N1)C1=C2OCO1. The highest BCUT2D eigenvalue weighted by atomic mass is 16.7. The van der Waals surface area contributed by atoms with Crippen LogP contribution >= 0.6 is 0 Å². The fourth-order valence-corrected chi connectivity index (χ4v) is 1.44. The normalized spacial score (nSPS) is 25.6. The van der Waals surface area contributed by atoms with Gasteiger partial charge in [0.1, 0.15) is 0 Å². The molecule has 0 aromatic rings. The van der Waals surface area contributed by atoms with Crippen LogP contribution in [0.15, 0.2) is 28.3 Å². The van der Waals surface area contributed by atoms with Crippen LogP contribution in [0, 0.1) is 0 Å². The monoisotopic (exact) mass is 135 g/mol. The molecule has 2 heterocycles. The topological polar surface area (TPSA) is 30.8 Å². The van der Waals surface area contributed by atoms with Crippen LogP contribution in [0.4, 0.5) is 0 Å². The van der Waals surface area contributed by atoms with Crippen molar-refractivity contribution in [1.82, 2.24) is 0 Å². The van der Waals surface area contributed by atoms with Crippen LogP contribution in [-0.4, -0.2) is 12.5 Å². The summed E-state index contributed by atoms with van der Waals surface area (Å²) in [6.07, 6.45) is 2.76. The van der Waals surface area contributed by atoms with Crippen molar-refractivity contribution in [2.45, 2.75) is 6.42 Å². The van der Waals surface area contributed by atoms with Crippen molar-refractivity contribution < 1.29 is 9.47 Å². The van der Waals surface area contributed by atoms with Crippen molar-refractivity contribution in [3.05, 3.63) is 23.3 Å². The first-order chi connectivity index (χ1) is 4.95. The molecule has 3 aliphatic rings. The summed E-state index contributed by atoms with van der Waals surface area (Å²) in [7, 11) is 0. The summed E-state index contributed by atoms with van der Waals surface area (Å²) in [6, 6.07) is 0. The first-order valence-corrected chi connectivity index (χ1v) is 3.21. The molecule has 0 saturated carbocycles. The zero-order valence-corrected chi connectivity index (χ0v) is 5.26. The fraction of sp³-hybridized carbons (Fsp3) is 0.286. The van der Waals surface area contributed by atoms with E-state index < -0.39 is 0 Å². The molecule has 0 saturated heterocycles. The smallest absolute Gasteiger partial charge is 0.231 e. The van der Waals surface area contributed by atoms with Gasteiger partial charge < -0.3 is 9.47 Å². The lowest BCUT2D eigenvalue weighted by Crippen LogP contribution is -1.96. The second-order valence-electron chi connectivity index (χ2n) is 2.47. The van der Waals surface area contributed by atoms with Crippen molar-refractivity contribution in [1.29, 1.82) is 0 Å². The van der Waals surface area contributed by atoms with Gasteiger partial charge in [-0.3, -0.25) is 4.99 Å². The van der Waals surface area contributed by atoms with Gasteiger partial charge in [-0.2, -0.15) is 0 Å². The maximum Gasteiger partial charge on any atom is 0.231 e. The molecule has 3 nitrogen and oxygen atoms in total. The maximum atomic E-state index is 5.22. The molecule has 10 heavy (non-hydrogen) atoms. The predicted octanol–water partition coefficient (Wildman–Crippen LogP) is 0.945. The minimum atomic E-state index is 0.362. The Bertz CT molecular complexity index is 271. The molecule has 2 bridgehead atoms. The molecule has 0 unspecified atom stereocenters. The zero-order chi connectivity index (χ0) is 6.55. The third-order valence-electron chi connectivity index (χ3n) is 1.90. The van der Waals surface area contributed by atoms with Crippen LogP contribution in [0.5, 0.6) is 0 Å². The molecular formula is C7H5NO2. The first-order valence-electron chi connectivity index (χ1n) is 3.21. The highest BCUT2D eigenvalue weighted by Crippen LogP contribution is 2.38. The third kappa shape index (κ3) is 0.337. The molecule has 0 atom stereocenters. The van der Waals surface area contributed by atoms with Gasteiger partial charge in [-0.1, -0.05) is 0 Å². The quantitative estimate of drug-likeness (QED) is 0.495. The number of fused-ring (bicyclic) bond motifs is 4. The van der Waals surface area contributed by atoms with Gasteiger partial charge in [-0.15, -0.1) is 0 Å². The van der Waals surface area contributed by atoms with E-state index in [9.17, 15) is 0 Å². The molecule has 0 aromatic carbocycles. The van der Waals surface area contributed by atoms with E-state index in [1.165, 1.54) is 5.57 Å². The highest BCUT2D eigenvalue weighted by Gasteiger charge is 2.35. The molecule has 50 valence electrons. The van der Waals surface area contributed by atoms with E-state index in [4.69, 9.17) is 9.47 Å². The van der Waals surface area contributed by atoms with E-state index >= 15 is 0 Å². The average Bonchev–Trinajstić information content (AvgIpc) is 2.60. The Labute approximate surface area is 57.7 Å². The second kappa shape index (κ2) is 1.26. The van der Waals surface area contributed by atoms with E-state index in [0.29, 0.717) is 6.79 Å². The minimum absolute atomic E-state index is 0.362. The van der Waals surface area contributed by atoms with Gasteiger partial charge in [0, 0.05) is 18.2 Å². The summed E-state index contributed by atoms with van der Waals surface area (Å²) in [4.78, 5) is 4.14. The zero-order valence-electron chi connectivity index (χ0n) is 5.26. The fourth-order valence-electron chi connectivity index (χ4n) is 1.44. The third-order valence-corrected chi connectivity index (χ3v) is 1.90. The Morgan fingerprint density at radius 1 is 1.30 bits per heavy atom. The Kier molecular flexibility index (Phi) is 0.572. The summed E-state index contributed by atoms with van der Waals surface area (Å²) in [6.45, 7) is 0.362. The summed E-state index contributed by atoms with van der Waals surface area (Å²) in [5.41, 5.74) is 2.20. The van der Waals surface area contributed by atoms with Gasteiger partial charge in [0.05, 0.1) is 5.71 Å². The number of nitrogens with zero attached hydrogens (tertiary/aromatic N) is 1. The van der Waals surface area contributed by atoms with Crippen LogP contribution in [0.2, 0.25) is 0 Å². The van der Waals surface area contributed by atoms with Crippen molar-refractivity contribution in [3.63, 3.8) is 0 Å². The van der Waals surface area contributed by atoms with Gasteiger partial charge in [0.25, 0.3) is 0 Å². The van der Waals surface area contributed by atoms with Crippen molar-refractivity contribution >= 4 is 5.71 Å². The molecule has 3 heteroatoms. The number of rotatable bonds is 0. The number of allylic oxidation sites excluding steroid dienone is 2. The lowest BCUT2D eigenvalue weighted by Gasteiger charge is -1.96. The molecule has 0 amide bonds. The number of aliphatic imine (C=N–C) groups is 1. The van der Waals surface area contributed by atoms with Crippen molar-refractivity contribution in [3.8, 4) is 0 Å². The lowest BCUT2D eigenvalue weighted by molar-refractivity contribution is 0.0767. The predicted molar refractivity (Wildman–Crippen MR) is 34.2 cm³/mol. The van der Waals surface area contributed by atoms with Gasteiger partial charge in [-0.25, -0.2) is 0 Å². The number of ether oxygens (including phenoxy) is 2. The van der Waals surface area contributed by atoms with Crippen LogP contribution in [0.1, 0.15) is 6.42 Å². The Hall–Kier alpha value is -1.25. The van der Waals surface area contributed by atoms with Crippen LogP contribution in [0.3, 0.4) is 0 Å². The Morgan fingerprint density at radius 3 is 3.10 bits per heavy atom. The second-order valence-corrected chi connectivity index (χ2v) is 2.47. The van der Waals surface area contributed by atoms with E-state index in [1.807, 2.05) is 6.20 Å². The molecule has 3 rings (SSSR count). The maximum absolute atomic E-state index is 5.22.